The van der Waals surface area contributed by atoms with Gasteiger partial charge in [0.2, 0.25) is 5.91 Å². The normalized spacial score (nSPS) is 11.9. The van der Waals surface area contributed by atoms with Crippen molar-refractivity contribution in [3.63, 3.8) is 0 Å². The van der Waals surface area contributed by atoms with Crippen LogP contribution in [0, 0.1) is 5.41 Å². The smallest absolute Gasteiger partial charge is 0.230 e. The van der Waals surface area contributed by atoms with Crippen LogP contribution in [0.3, 0.4) is 0 Å². The lowest BCUT2D eigenvalue weighted by Gasteiger charge is -2.36. The Kier molecular flexibility index (Phi) is 5.88. The summed E-state index contributed by atoms with van der Waals surface area (Å²) >= 11 is 0. The van der Waals surface area contributed by atoms with Gasteiger partial charge in [0.1, 0.15) is 0 Å². The number of rotatable bonds is 6. The van der Waals surface area contributed by atoms with Crippen LogP contribution in [0.1, 0.15) is 47.5 Å². The number of carbonyl (C=O) groups is 1. The van der Waals surface area contributed by atoms with Gasteiger partial charge in [-0.05, 0) is 33.6 Å². The summed E-state index contributed by atoms with van der Waals surface area (Å²) in [5, 5.41) is 0. The van der Waals surface area contributed by atoms with Crippen LogP contribution in [0.2, 0.25) is 0 Å². The lowest BCUT2D eigenvalue weighted by molar-refractivity contribution is -0.143. The summed E-state index contributed by atoms with van der Waals surface area (Å²) in [6.45, 7) is 11.4. The molecule has 0 bridgehead atoms. The Labute approximate surface area is 94.0 Å². The predicted molar refractivity (Wildman–Crippen MR) is 64.6 cm³/mol. The zero-order chi connectivity index (χ0) is 12.1. The largest absolute Gasteiger partial charge is 0.340 e. The van der Waals surface area contributed by atoms with E-state index in [0.717, 1.165) is 19.4 Å². The Morgan fingerprint density at radius 2 is 1.73 bits per heavy atom. The molecule has 1 amide bonds. The Bertz CT molecular complexity index is 190. The molecule has 0 spiro atoms. The van der Waals surface area contributed by atoms with Gasteiger partial charge in [-0.3, -0.25) is 4.79 Å². The van der Waals surface area contributed by atoms with Gasteiger partial charge in [0.05, 0.1) is 5.41 Å². The van der Waals surface area contributed by atoms with Gasteiger partial charge in [-0.1, -0.05) is 13.8 Å². The Balaban J connectivity index is 4.91. The first-order chi connectivity index (χ1) is 6.98. The van der Waals surface area contributed by atoms with Crippen LogP contribution in [0.15, 0.2) is 0 Å². The molecule has 0 aliphatic carbocycles. The Hall–Kier alpha value is -0.570. The predicted octanol–water partition coefficient (Wildman–Crippen LogP) is 2.01. The van der Waals surface area contributed by atoms with Gasteiger partial charge in [-0.25, -0.2) is 0 Å². The van der Waals surface area contributed by atoms with E-state index in [0.29, 0.717) is 6.54 Å². The van der Waals surface area contributed by atoms with Crippen LogP contribution in [0.25, 0.3) is 0 Å². The van der Waals surface area contributed by atoms with Gasteiger partial charge < -0.3 is 10.6 Å². The van der Waals surface area contributed by atoms with Gasteiger partial charge in [0.15, 0.2) is 0 Å². The lowest BCUT2D eigenvalue weighted by Crippen LogP contribution is -2.49. The lowest BCUT2D eigenvalue weighted by atomic mass is 9.80. The number of nitrogens with zero attached hydrogens (tertiary/aromatic N) is 1. The highest BCUT2D eigenvalue weighted by Crippen LogP contribution is 2.28. The molecular weight excluding hydrogens is 188 g/mol. The molecular formula is C12H26N2O. The zero-order valence-electron chi connectivity index (χ0n) is 10.8. The van der Waals surface area contributed by atoms with E-state index in [9.17, 15) is 4.79 Å². The molecule has 0 atom stereocenters. The fourth-order valence-corrected chi connectivity index (χ4v) is 1.98. The standard InChI is InChI=1S/C12H26N2O/c1-6-12(7-2,9-13)11(15)14(8-3)10(4)5/h10H,6-9,13H2,1-5H3. The minimum Gasteiger partial charge on any atom is -0.340 e. The summed E-state index contributed by atoms with van der Waals surface area (Å²) in [4.78, 5) is 14.3. The average Bonchev–Trinajstić information content (AvgIpc) is 2.22. The van der Waals surface area contributed by atoms with Gasteiger partial charge in [-0.2, -0.15) is 0 Å². The number of amides is 1. The average molecular weight is 214 g/mol. The summed E-state index contributed by atoms with van der Waals surface area (Å²) in [6, 6.07) is 0.256. The minimum absolute atomic E-state index is 0.215. The van der Waals surface area contributed by atoms with Crippen molar-refractivity contribution in [3.8, 4) is 0 Å². The van der Waals surface area contributed by atoms with Crippen molar-refractivity contribution in [2.45, 2.75) is 53.5 Å². The van der Waals surface area contributed by atoms with Crippen molar-refractivity contribution < 1.29 is 4.79 Å². The summed E-state index contributed by atoms with van der Waals surface area (Å²) in [7, 11) is 0. The molecule has 3 heteroatoms. The second-order valence-corrected chi connectivity index (χ2v) is 4.38. The molecule has 0 rings (SSSR count). The molecule has 0 radical (unpaired) electrons. The van der Waals surface area contributed by atoms with E-state index in [2.05, 4.69) is 0 Å². The van der Waals surface area contributed by atoms with Crippen LogP contribution < -0.4 is 5.73 Å². The molecule has 90 valence electrons. The number of carbonyl (C=O) groups excluding carboxylic acids is 1. The molecule has 0 aromatic heterocycles. The van der Waals surface area contributed by atoms with Crippen LogP contribution >= 0.6 is 0 Å². The van der Waals surface area contributed by atoms with E-state index in [-0.39, 0.29) is 17.4 Å². The first-order valence-corrected chi connectivity index (χ1v) is 6.00. The summed E-state index contributed by atoms with van der Waals surface area (Å²) in [6.07, 6.45) is 1.64. The van der Waals surface area contributed by atoms with Gasteiger partial charge in [0, 0.05) is 19.1 Å². The second-order valence-electron chi connectivity index (χ2n) is 4.38. The first kappa shape index (κ1) is 14.4. The fraction of sp³-hybridized carbons (Fsp3) is 0.917. The molecule has 3 nitrogen and oxygen atoms in total. The molecule has 2 N–H and O–H groups in total. The third-order valence-corrected chi connectivity index (χ3v) is 3.42. The van der Waals surface area contributed by atoms with Crippen LogP contribution in [0.5, 0.6) is 0 Å². The second kappa shape index (κ2) is 6.11. The summed E-state index contributed by atoms with van der Waals surface area (Å²) < 4.78 is 0. The van der Waals surface area contributed by atoms with Crippen molar-refractivity contribution in [2.75, 3.05) is 13.1 Å². The topological polar surface area (TPSA) is 46.3 Å². The van der Waals surface area contributed by atoms with Crippen molar-refractivity contribution in [1.29, 1.82) is 0 Å². The van der Waals surface area contributed by atoms with Crippen molar-refractivity contribution in [3.05, 3.63) is 0 Å². The third-order valence-electron chi connectivity index (χ3n) is 3.42. The first-order valence-electron chi connectivity index (χ1n) is 6.00. The molecule has 0 aliphatic rings. The highest BCUT2D eigenvalue weighted by atomic mass is 16.2. The maximum atomic E-state index is 12.4. The molecule has 0 fully saturated rings. The van der Waals surface area contributed by atoms with Gasteiger partial charge in [-0.15, -0.1) is 0 Å². The van der Waals surface area contributed by atoms with E-state index < -0.39 is 0 Å². The number of hydrogen-bond acceptors (Lipinski definition) is 2. The fourth-order valence-electron chi connectivity index (χ4n) is 1.98. The van der Waals surface area contributed by atoms with E-state index in [1.807, 2.05) is 39.5 Å². The molecule has 0 unspecified atom stereocenters. The maximum Gasteiger partial charge on any atom is 0.230 e. The summed E-state index contributed by atoms with van der Waals surface area (Å²) in [5.74, 6) is 0.215. The van der Waals surface area contributed by atoms with Crippen LogP contribution in [0.4, 0.5) is 0 Å². The molecule has 15 heavy (non-hydrogen) atoms. The van der Waals surface area contributed by atoms with Crippen molar-refractivity contribution >= 4 is 5.91 Å². The zero-order valence-corrected chi connectivity index (χ0v) is 10.8. The SMILES string of the molecule is CCN(C(=O)C(CC)(CC)CN)C(C)C. The van der Waals surface area contributed by atoms with Gasteiger partial charge in [0.25, 0.3) is 0 Å². The van der Waals surface area contributed by atoms with Crippen LogP contribution in [-0.4, -0.2) is 29.9 Å². The molecule has 0 heterocycles. The maximum absolute atomic E-state index is 12.4. The monoisotopic (exact) mass is 214 g/mol. The van der Waals surface area contributed by atoms with E-state index in [1.54, 1.807) is 0 Å². The molecule has 0 aromatic rings. The van der Waals surface area contributed by atoms with Crippen molar-refractivity contribution in [1.82, 2.24) is 4.90 Å². The quantitative estimate of drug-likeness (QED) is 0.735. The Morgan fingerprint density at radius 1 is 1.27 bits per heavy atom. The number of nitrogens with two attached hydrogens (primary N) is 1. The highest BCUT2D eigenvalue weighted by molar-refractivity contribution is 5.83. The van der Waals surface area contributed by atoms with Gasteiger partial charge >= 0.3 is 0 Å². The van der Waals surface area contributed by atoms with Crippen LogP contribution in [-0.2, 0) is 4.79 Å². The third kappa shape index (κ3) is 2.94. The highest BCUT2D eigenvalue weighted by Gasteiger charge is 2.36. The molecule has 0 saturated heterocycles. The van der Waals surface area contributed by atoms with E-state index in [1.165, 1.54) is 0 Å². The molecule has 0 aliphatic heterocycles. The van der Waals surface area contributed by atoms with E-state index >= 15 is 0 Å². The Morgan fingerprint density at radius 3 is 1.93 bits per heavy atom. The summed E-state index contributed by atoms with van der Waals surface area (Å²) in [5.41, 5.74) is 5.43. The number of hydrogen-bond donors (Lipinski definition) is 1. The molecule has 0 saturated carbocycles. The van der Waals surface area contributed by atoms with E-state index in [4.69, 9.17) is 5.73 Å². The molecule has 0 aromatic carbocycles. The van der Waals surface area contributed by atoms with Crippen molar-refractivity contribution in [2.24, 2.45) is 11.1 Å². The minimum atomic E-state index is -0.347.